The number of carbonyl (C=O) groups excluding carboxylic acids is 1. The third kappa shape index (κ3) is 4.66. The molecule has 0 aliphatic rings. The first-order valence-electron chi connectivity index (χ1n) is 8.11. The van der Waals surface area contributed by atoms with Gasteiger partial charge in [-0.15, -0.1) is 0 Å². The van der Waals surface area contributed by atoms with Gasteiger partial charge in [0.05, 0.1) is 5.56 Å². The van der Waals surface area contributed by atoms with Crippen LogP contribution in [0.25, 0.3) is 22.8 Å². The Hall–Kier alpha value is -2.74. The van der Waals surface area contributed by atoms with E-state index in [-0.39, 0.29) is 6.03 Å². The molecule has 0 aliphatic carbocycles. The van der Waals surface area contributed by atoms with Gasteiger partial charge in [-0.2, -0.15) is 4.98 Å². The molecule has 8 heteroatoms. The summed E-state index contributed by atoms with van der Waals surface area (Å²) in [6, 6.07) is 8.88. The summed E-state index contributed by atoms with van der Waals surface area (Å²) in [7, 11) is 0. The average molecular weight is 416 g/mol. The highest BCUT2D eigenvalue weighted by Gasteiger charge is 2.12. The zero-order valence-corrected chi connectivity index (χ0v) is 15.9. The molecule has 0 aliphatic heterocycles. The number of nitrogens with one attached hydrogen (secondary N) is 2. The summed E-state index contributed by atoms with van der Waals surface area (Å²) in [5.41, 5.74) is 2.12. The quantitative estimate of drug-likeness (QED) is 0.646. The Morgan fingerprint density at radius 3 is 2.85 bits per heavy atom. The number of rotatable bonds is 5. The SMILES string of the molecule is CC(C)CNC(=O)Nc1cccc(-c2noc(-c3cncc(Br)c3)n2)c1. The number of hydrogen-bond acceptors (Lipinski definition) is 5. The van der Waals surface area contributed by atoms with Crippen molar-refractivity contribution in [3.63, 3.8) is 0 Å². The van der Waals surface area contributed by atoms with Crippen LogP contribution >= 0.6 is 15.9 Å². The Morgan fingerprint density at radius 2 is 2.08 bits per heavy atom. The number of anilines is 1. The number of benzene rings is 1. The standard InChI is InChI=1S/C18H18BrN5O2/c1-11(2)8-21-18(25)22-15-5-3-4-12(7-15)16-23-17(26-24-16)13-6-14(19)10-20-9-13/h3-7,9-11H,8H2,1-2H3,(H2,21,22,25). The Bertz CT molecular complexity index is 910. The molecule has 0 atom stereocenters. The molecule has 2 amide bonds. The largest absolute Gasteiger partial charge is 0.338 e. The van der Waals surface area contributed by atoms with Gasteiger partial charge >= 0.3 is 6.03 Å². The highest BCUT2D eigenvalue weighted by atomic mass is 79.9. The number of carbonyl (C=O) groups is 1. The van der Waals surface area contributed by atoms with Crippen LogP contribution < -0.4 is 10.6 Å². The maximum Gasteiger partial charge on any atom is 0.319 e. The molecule has 1 aromatic carbocycles. The van der Waals surface area contributed by atoms with Crippen molar-refractivity contribution in [3.8, 4) is 22.8 Å². The second-order valence-electron chi connectivity index (χ2n) is 6.12. The lowest BCUT2D eigenvalue weighted by atomic mass is 10.2. The van der Waals surface area contributed by atoms with Gasteiger partial charge < -0.3 is 15.2 Å². The number of pyridine rings is 1. The fraction of sp³-hybridized carbons (Fsp3) is 0.222. The lowest BCUT2D eigenvalue weighted by Crippen LogP contribution is -2.31. The molecule has 0 saturated carbocycles. The van der Waals surface area contributed by atoms with Gasteiger partial charge in [0.25, 0.3) is 5.89 Å². The van der Waals surface area contributed by atoms with E-state index in [2.05, 4.69) is 41.7 Å². The van der Waals surface area contributed by atoms with Gasteiger partial charge in [0.1, 0.15) is 0 Å². The number of nitrogens with zero attached hydrogens (tertiary/aromatic N) is 3. The van der Waals surface area contributed by atoms with Crippen LogP contribution in [0.2, 0.25) is 0 Å². The fourth-order valence-corrected chi connectivity index (χ4v) is 2.56. The Morgan fingerprint density at radius 1 is 1.23 bits per heavy atom. The van der Waals surface area contributed by atoms with Crippen molar-refractivity contribution in [3.05, 3.63) is 47.2 Å². The van der Waals surface area contributed by atoms with Crippen LogP contribution in [0.4, 0.5) is 10.5 Å². The molecule has 0 saturated heterocycles. The van der Waals surface area contributed by atoms with Gasteiger partial charge in [0.15, 0.2) is 0 Å². The Balaban J connectivity index is 1.75. The molecule has 134 valence electrons. The lowest BCUT2D eigenvalue weighted by molar-refractivity contribution is 0.251. The van der Waals surface area contributed by atoms with E-state index < -0.39 is 0 Å². The minimum Gasteiger partial charge on any atom is -0.338 e. The normalized spacial score (nSPS) is 10.8. The lowest BCUT2D eigenvalue weighted by Gasteiger charge is -2.09. The highest BCUT2D eigenvalue weighted by molar-refractivity contribution is 9.10. The fourth-order valence-electron chi connectivity index (χ4n) is 2.19. The van der Waals surface area contributed by atoms with Gasteiger partial charge in [0, 0.05) is 34.7 Å². The van der Waals surface area contributed by atoms with Crippen molar-refractivity contribution in [2.45, 2.75) is 13.8 Å². The first-order chi connectivity index (χ1) is 12.5. The zero-order valence-electron chi connectivity index (χ0n) is 14.4. The van der Waals surface area contributed by atoms with Crippen molar-refractivity contribution in [1.29, 1.82) is 0 Å². The van der Waals surface area contributed by atoms with E-state index in [4.69, 9.17) is 4.52 Å². The van der Waals surface area contributed by atoms with Crippen LogP contribution in [0.15, 0.2) is 51.7 Å². The van der Waals surface area contributed by atoms with Gasteiger partial charge in [-0.1, -0.05) is 31.1 Å². The van der Waals surface area contributed by atoms with Gasteiger partial charge in [0.2, 0.25) is 5.82 Å². The summed E-state index contributed by atoms with van der Waals surface area (Å²) >= 11 is 3.37. The monoisotopic (exact) mass is 415 g/mol. The van der Waals surface area contributed by atoms with Crippen LogP contribution in [0.1, 0.15) is 13.8 Å². The summed E-state index contributed by atoms with van der Waals surface area (Å²) < 4.78 is 6.15. The van der Waals surface area contributed by atoms with Crippen LogP contribution in [-0.4, -0.2) is 27.7 Å². The first-order valence-corrected chi connectivity index (χ1v) is 8.90. The number of hydrogen-bond donors (Lipinski definition) is 2. The maximum atomic E-state index is 11.9. The number of urea groups is 1. The molecule has 26 heavy (non-hydrogen) atoms. The van der Waals surface area contributed by atoms with E-state index >= 15 is 0 Å². The van der Waals surface area contributed by atoms with Crippen LogP contribution in [0, 0.1) is 5.92 Å². The molecule has 2 aromatic heterocycles. The third-order valence-electron chi connectivity index (χ3n) is 3.43. The number of halogens is 1. The van der Waals surface area contributed by atoms with Crippen molar-refractivity contribution in [2.24, 2.45) is 5.92 Å². The minimum atomic E-state index is -0.245. The summed E-state index contributed by atoms with van der Waals surface area (Å²) in [5, 5.41) is 9.63. The average Bonchev–Trinajstić information content (AvgIpc) is 3.10. The second kappa shape index (κ2) is 8.09. The van der Waals surface area contributed by atoms with Crippen molar-refractivity contribution >= 4 is 27.6 Å². The van der Waals surface area contributed by atoms with Crippen LogP contribution in [-0.2, 0) is 0 Å². The number of amides is 2. The topological polar surface area (TPSA) is 92.9 Å². The molecule has 0 fully saturated rings. The van der Waals surface area contributed by atoms with E-state index in [1.165, 1.54) is 0 Å². The van der Waals surface area contributed by atoms with E-state index in [9.17, 15) is 4.79 Å². The number of aromatic nitrogens is 3. The Kier molecular flexibility index (Phi) is 5.62. The van der Waals surface area contributed by atoms with Gasteiger partial charge in [-0.25, -0.2) is 4.79 Å². The van der Waals surface area contributed by atoms with E-state index in [1.54, 1.807) is 24.5 Å². The Labute approximate surface area is 159 Å². The second-order valence-corrected chi connectivity index (χ2v) is 7.04. The molecule has 3 aromatic rings. The first kappa shape index (κ1) is 18.1. The smallest absolute Gasteiger partial charge is 0.319 e. The highest BCUT2D eigenvalue weighted by Crippen LogP contribution is 2.25. The summed E-state index contributed by atoms with van der Waals surface area (Å²) in [4.78, 5) is 20.4. The third-order valence-corrected chi connectivity index (χ3v) is 3.86. The molecule has 7 nitrogen and oxygen atoms in total. The molecule has 0 spiro atoms. The van der Waals surface area contributed by atoms with Gasteiger partial charge in [-0.3, -0.25) is 4.98 Å². The van der Waals surface area contributed by atoms with Crippen molar-refractivity contribution < 1.29 is 9.32 Å². The summed E-state index contributed by atoms with van der Waals surface area (Å²) in [6.45, 7) is 4.69. The molecule has 3 rings (SSSR count). The summed E-state index contributed by atoms with van der Waals surface area (Å²) in [6.07, 6.45) is 3.33. The molecule has 0 bridgehead atoms. The van der Waals surface area contributed by atoms with Crippen LogP contribution in [0.3, 0.4) is 0 Å². The molecule has 2 N–H and O–H groups in total. The minimum absolute atomic E-state index is 0.245. The summed E-state index contributed by atoms with van der Waals surface area (Å²) in [5.74, 6) is 1.20. The molecule has 0 radical (unpaired) electrons. The van der Waals surface area contributed by atoms with Gasteiger partial charge in [-0.05, 0) is 40.0 Å². The predicted molar refractivity (Wildman–Crippen MR) is 103 cm³/mol. The van der Waals surface area contributed by atoms with Crippen molar-refractivity contribution in [1.82, 2.24) is 20.4 Å². The molecule has 2 heterocycles. The van der Waals surface area contributed by atoms with Crippen LogP contribution in [0.5, 0.6) is 0 Å². The predicted octanol–water partition coefficient (Wildman–Crippen LogP) is 4.34. The van der Waals surface area contributed by atoms with Crippen molar-refractivity contribution in [2.75, 3.05) is 11.9 Å². The maximum absolute atomic E-state index is 11.9. The zero-order chi connectivity index (χ0) is 18.5. The molecule has 0 unspecified atom stereocenters. The van der Waals surface area contributed by atoms with E-state index in [0.717, 1.165) is 15.6 Å². The van der Waals surface area contributed by atoms with E-state index in [1.807, 2.05) is 32.0 Å². The van der Waals surface area contributed by atoms with E-state index in [0.29, 0.717) is 29.9 Å². The molecular formula is C18H18BrN5O2. The molecular weight excluding hydrogens is 398 g/mol.